The lowest BCUT2D eigenvalue weighted by Crippen LogP contribution is -2.46. The Morgan fingerprint density at radius 1 is 1.39 bits per heavy atom. The number of nitrogens with one attached hydrogen (secondary N) is 1. The fourth-order valence-electron chi connectivity index (χ4n) is 2.71. The molecule has 0 aromatic heterocycles. The molecule has 18 heavy (non-hydrogen) atoms. The molecule has 98 valence electrons. The quantitative estimate of drug-likeness (QED) is 0.846. The third-order valence-electron chi connectivity index (χ3n) is 3.65. The van der Waals surface area contributed by atoms with Gasteiger partial charge in [0.2, 0.25) is 0 Å². The molecule has 0 bridgehead atoms. The second-order valence-corrected chi connectivity index (χ2v) is 4.70. The van der Waals surface area contributed by atoms with Crippen molar-refractivity contribution in [3.63, 3.8) is 0 Å². The summed E-state index contributed by atoms with van der Waals surface area (Å²) in [5.74, 6) is -0.282. The molecule has 2 heterocycles. The van der Waals surface area contributed by atoms with Gasteiger partial charge in [0.05, 0.1) is 6.54 Å². The van der Waals surface area contributed by atoms with Crippen LogP contribution < -0.4 is 5.32 Å². The van der Waals surface area contributed by atoms with E-state index in [0.29, 0.717) is 17.7 Å². The van der Waals surface area contributed by atoms with Crippen LogP contribution in [-0.4, -0.2) is 29.9 Å². The molecule has 3 rings (SSSR count). The van der Waals surface area contributed by atoms with Crippen molar-refractivity contribution in [3.8, 4) is 0 Å². The summed E-state index contributed by atoms with van der Waals surface area (Å²) in [7, 11) is 0. The molecule has 1 saturated heterocycles. The highest BCUT2D eigenvalue weighted by atomic mass is 35.5. The molecular weight excluding hydrogens is 255 g/mol. The predicted octanol–water partition coefficient (Wildman–Crippen LogP) is 1.96. The molecule has 5 heteroatoms. The molecule has 2 aliphatic rings. The highest BCUT2D eigenvalue weighted by molar-refractivity contribution is 5.98. The zero-order valence-corrected chi connectivity index (χ0v) is 10.8. The van der Waals surface area contributed by atoms with E-state index < -0.39 is 0 Å². The van der Waals surface area contributed by atoms with Crippen LogP contribution in [0.1, 0.15) is 28.8 Å². The first-order valence-electron chi connectivity index (χ1n) is 6.06. The largest absolute Gasteiger partial charge is 0.330 e. The van der Waals surface area contributed by atoms with Crippen molar-refractivity contribution in [2.24, 2.45) is 0 Å². The maximum Gasteiger partial charge on any atom is 0.254 e. The number of halogens is 2. The van der Waals surface area contributed by atoms with Crippen molar-refractivity contribution < 1.29 is 9.18 Å². The fourth-order valence-corrected chi connectivity index (χ4v) is 2.71. The smallest absolute Gasteiger partial charge is 0.254 e. The second-order valence-electron chi connectivity index (χ2n) is 4.70. The number of fused-ring (bicyclic) bond motifs is 1. The Balaban J connectivity index is 0.00000120. The Hall–Kier alpha value is -1.13. The van der Waals surface area contributed by atoms with Crippen LogP contribution in [0.15, 0.2) is 18.2 Å². The Morgan fingerprint density at radius 2 is 2.22 bits per heavy atom. The van der Waals surface area contributed by atoms with Gasteiger partial charge >= 0.3 is 0 Å². The van der Waals surface area contributed by atoms with Crippen LogP contribution in [-0.2, 0) is 6.54 Å². The number of rotatable bonds is 1. The van der Waals surface area contributed by atoms with Gasteiger partial charge in [-0.1, -0.05) is 6.07 Å². The van der Waals surface area contributed by atoms with Crippen molar-refractivity contribution in [2.75, 3.05) is 13.1 Å². The van der Waals surface area contributed by atoms with E-state index in [1.807, 2.05) is 0 Å². The molecule has 2 aliphatic heterocycles. The fraction of sp³-hybridized carbons (Fsp3) is 0.462. The number of carbonyl (C=O) groups is 1. The summed E-state index contributed by atoms with van der Waals surface area (Å²) in [5.41, 5.74) is 1.10. The summed E-state index contributed by atoms with van der Waals surface area (Å²) < 4.78 is 13.6. The normalized spacial score (nSPS) is 22.6. The van der Waals surface area contributed by atoms with Crippen LogP contribution in [0.2, 0.25) is 0 Å². The number of benzene rings is 1. The summed E-state index contributed by atoms with van der Waals surface area (Å²) in [6, 6.07) is 4.96. The van der Waals surface area contributed by atoms with E-state index in [2.05, 4.69) is 5.32 Å². The SMILES string of the molecule is Cl.O=C1c2cccc(F)c2CN1C1CCCNC1. The minimum Gasteiger partial charge on any atom is -0.330 e. The van der Waals surface area contributed by atoms with Crippen molar-refractivity contribution in [1.82, 2.24) is 10.2 Å². The van der Waals surface area contributed by atoms with Crippen LogP contribution >= 0.6 is 12.4 Å². The maximum atomic E-state index is 13.6. The summed E-state index contributed by atoms with van der Waals surface area (Å²) in [6.07, 6.45) is 2.08. The third-order valence-corrected chi connectivity index (χ3v) is 3.65. The number of nitrogens with zero attached hydrogens (tertiary/aromatic N) is 1. The van der Waals surface area contributed by atoms with Crippen LogP contribution in [0.3, 0.4) is 0 Å². The standard InChI is InChI=1S/C13H15FN2O.ClH/c14-12-5-1-4-10-11(12)8-16(13(10)17)9-3-2-6-15-7-9;/h1,4-5,9,15H,2-3,6-8H2;1H. The van der Waals surface area contributed by atoms with Gasteiger partial charge in [-0.3, -0.25) is 4.79 Å². The molecule has 1 amide bonds. The number of carbonyl (C=O) groups excluding carboxylic acids is 1. The maximum absolute atomic E-state index is 13.6. The molecule has 1 unspecified atom stereocenters. The Bertz CT molecular complexity index is 460. The highest BCUT2D eigenvalue weighted by Gasteiger charge is 2.34. The van der Waals surface area contributed by atoms with Gasteiger partial charge in [0.25, 0.3) is 5.91 Å². The Labute approximate surface area is 112 Å². The average Bonchev–Trinajstić information content (AvgIpc) is 2.70. The van der Waals surface area contributed by atoms with Gasteiger partial charge < -0.3 is 10.2 Å². The zero-order valence-electron chi connectivity index (χ0n) is 9.99. The van der Waals surface area contributed by atoms with Crippen LogP contribution in [0, 0.1) is 5.82 Å². The first-order valence-corrected chi connectivity index (χ1v) is 6.06. The molecule has 1 fully saturated rings. The van der Waals surface area contributed by atoms with Crippen molar-refractivity contribution in [1.29, 1.82) is 0 Å². The minimum absolute atomic E-state index is 0. The number of piperidine rings is 1. The van der Waals surface area contributed by atoms with Gasteiger partial charge in [-0.25, -0.2) is 4.39 Å². The van der Waals surface area contributed by atoms with E-state index in [0.717, 1.165) is 25.9 Å². The summed E-state index contributed by atoms with van der Waals surface area (Å²) in [4.78, 5) is 14.0. The lowest BCUT2D eigenvalue weighted by atomic mass is 10.1. The van der Waals surface area contributed by atoms with Gasteiger partial charge in [-0.2, -0.15) is 0 Å². The van der Waals surface area contributed by atoms with E-state index >= 15 is 0 Å². The number of hydrogen-bond donors (Lipinski definition) is 1. The molecule has 1 aromatic rings. The van der Waals surface area contributed by atoms with Gasteiger partial charge in [-0.05, 0) is 31.5 Å². The average molecular weight is 271 g/mol. The molecule has 1 N–H and O–H groups in total. The number of hydrogen-bond acceptors (Lipinski definition) is 2. The molecule has 1 aromatic carbocycles. The van der Waals surface area contributed by atoms with E-state index in [1.165, 1.54) is 6.07 Å². The lowest BCUT2D eigenvalue weighted by molar-refractivity contribution is 0.0674. The molecular formula is C13H16ClFN2O. The summed E-state index contributed by atoms with van der Waals surface area (Å²) >= 11 is 0. The molecule has 0 aliphatic carbocycles. The second kappa shape index (κ2) is 5.24. The Kier molecular flexibility index (Phi) is 3.88. The first kappa shape index (κ1) is 13.3. The van der Waals surface area contributed by atoms with E-state index in [9.17, 15) is 9.18 Å². The minimum atomic E-state index is -0.262. The first-order chi connectivity index (χ1) is 8.27. The van der Waals surface area contributed by atoms with Crippen molar-refractivity contribution >= 4 is 18.3 Å². The number of amides is 1. The van der Waals surface area contributed by atoms with E-state index in [-0.39, 0.29) is 30.2 Å². The summed E-state index contributed by atoms with van der Waals surface area (Å²) in [6.45, 7) is 2.26. The monoisotopic (exact) mass is 270 g/mol. The van der Waals surface area contributed by atoms with Gasteiger partial charge in [-0.15, -0.1) is 12.4 Å². The van der Waals surface area contributed by atoms with Crippen LogP contribution in [0.5, 0.6) is 0 Å². The van der Waals surface area contributed by atoms with E-state index in [4.69, 9.17) is 0 Å². The van der Waals surface area contributed by atoms with Gasteiger partial charge in [0, 0.05) is 23.7 Å². The highest BCUT2D eigenvalue weighted by Crippen LogP contribution is 2.28. The predicted molar refractivity (Wildman–Crippen MR) is 69.4 cm³/mol. The molecule has 1 atom stereocenters. The van der Waals surface area contributed by atoms with Crippen LogP contribution in [0.4, 0.5) is 4.39 Å². The van der Waals surface area contributed by atoms with Crippen molar-refractivity contribution in [2.45, 2.75) is 25.4 Å². The Morgan fingerprint density at radius 3 is 2.89 bits per heavy atom. The van der Waals surface area contributed by atoms with Gasteiger partial charge in [0.15, 0.2) is 0 Å². The zero-order chi connectivity index (χ0) is 11.8. The van der Waals surface area contributed by atoms with Gasteiger partial charge in [0.1, 0.15) is 5.82 Å². The summed E-state index contributed by atoms with van der Waals surface area (Å²) in [5, 5.41) is 3.29. The third kappa shape index (κ3) is 2.10. The molecule has 3 nitrogen and oxygen atoms in total. The molecule has 0 radical (unpaired) electrons. The lowest BCUT2D eigenvalue weighted by Gasteiger charge is -2.31. The van der Waals surface area contributed by atoms with Crippen LogP contribution in [0.25, 0.3) is 0 Å². The van der Waals surface area contributed by atoms with E-state index in [1.54, 1.807) is 17.0 Å². The van der Waals surface area contributed by atoms with Crippen molar-refractivity contribution in [3.05, 3.63) is 35.1 Å². The molecule has 0 spiro atoms. The molecule has 0 saturated carbocycles. The topological polar surface area (TPSA) is 32.3 Å².